The van der Waals surface area contributed by atoms with Crippen molar-refractivity contribution in [3.8, 4) is 0 Å². The highest BCUT2D eigenvalue weighted by Crippen LogP contribution is 2.24. The van der Waals surface area contributed by atoms with E-state index in [9.17, 15) is 5.11 Å². The summed E-state index contributed by atoms with van der Waals surface area (Å²) in [7, 11) is 0. The van der Waals surface area contributed by atoms with Crippen molar-refractivity contribution in [1.82, 2.24) is 0 Å². The van der Waals surface area contributed by atoms with Crippen LogP contribution in [0.25, 0.3) is 0 Å². The third-order valence-electron chi connectivity index (χ3n) is 1.84. The predicted molar refractivity (Wildman–Crippen MR) is 62.2 cm³/mol. The molecule has 0 rings (SSSR count). The summed E-state index contributed by atoms with van der Waals surface area (Å²) in [6.07, 6.45) is -0.419. The molecule has 2 N–H and O–H groups in total. The number of aliphatic hydroxyl groups is 2. The van der Waals surface area contributed by atoms with E-state index in [1.165, 1.54) is 0 Å². The maximum Gasteiger partial charge on any atom is 0.0635 e. The first-order valence-electron chi connectivity index (χ1n) is 5.44. The number of hydrogen-bond acceptors (Lipinski definition) is 2. The second kappa shape index (κ2) is 7.24. The topological polar surface area (TPSA) is 40.5 Å². The van der Waals surface area contributed by atoms with Gasteiger partial charge in [-0.25, -0.2) is 0 Å². The molecular formula is C12H28O2. The van der Waals surface area contributed by atoms with E-state index in [0.717, 1.165) is 5.92 Å². The second-order valence-corrected chi connectivity index (χ2v) is 5.57. The van der Waals surface area contributed by atoms with Crippen LogP contribution in [0, 0.1) is 17.3 Å². The lowest BCUT2D eigenvalue weighted by molar-refractivity contribution is -0.0204. The smallest absolute Gasteiger partial charge is 0.0635 e. The lowest BCUT2D eigenvalue weighted by Gasteiger charge is -2.30. The van der Waals surface area contributed by atoms with Gasteiger partial charge in [0.05, 0.1) is 12.7 Å². The van der Waals surface area contributed by atoms with Crippen LogP contribution in [0.2, 0.25) is 0 Å². The zero-order valence-electron chi connectivity index (χ0n) is 10.8. The number of rotatable bonds is 3. The van der Waals surface area contributed by atoms with Gasteiger partial charge in [-0.05, 0) is 11.8 Å². The largest absolute Gasteiger partial charge is 0.396 e. The SMILES string of the molecule is CC(C)C.CC(C)C(O)C(C)(C)CO. The fraction of sp³-hybridized carbons (Fsp3) is 1.00. The number of aliphatic hydroxyl groups excluding tert-OH is 2. The molecule has 0 aliphatic heterocycles. The van der Waals surface area contributed by atoms with Crippen LogP contribution in [-0.2, 0) is 0 Å². The summed E-state index contributed by atoms with van der Waals surface area (Å²) in [5, 5.41) is 18.3. The molecule has 0 radical (unpaired) electrons. The monoisotopic (exact) mass is 204 g/mol. The third-order valence-corrected chi connectivity index (χ3v) is 1.84. The van der Waals surface area contributed by atoms with Crippen LogP contribution >= 0.6 is 0 Å². The molecule has 0 saturated heterocycles. The van der Waals surface area contributed by atoms with Crippen molar-refractivity contribution in [3.05, 3.63) is 0 Å². The lowest BCUT2D eigenvalue weighted by Crippen LogP contribution is -2.36. The molecule has 0 aliphatic carbocycles. The highest BCUT2D eigenvalue weighted by molar-refractivity contribution is 4.78. The van der Waals surface area contributed by atoms with Crippen LogP contribution in [0.1, 0.15) is 48.5 Å². The zero-order chi connectivity index (χ0) is 11.9. The Morgan fingerprint density at radius 2 is 1.29 bits per heavy atom. The highest BCUT2D eigenvalue weighted by Gasteiger charge is 2.28. The Labute approximate surface area is 89.3 Å². The van der Waals surface area contributed by atoms with Crippen molar-refractivity contribution in [2.24, 2.45) is 17.3 Å². The van der Waals surface area contributed by atoms with Crippen LogP contribution < -0.4 is 0 Å². The van der Waals surface area contributed by atoms with Crippen LogP contribution in [0.5, 0.6) is 0 Å². The molecule has 14 heavy (non-hydrogen) atoms. The molecule has 88 valence electrons. The van der Waals surface area contributed by atoms with Gasteiger partial charge in [0.15, 0.2) is 0 Å². The van der Waals surface area contributed by atoms with Gasteiger partial charge in [-0.15, -0.1) is 0 Å². The molecule has 0 heterocycles. The molecule has 0 aliphatic rings. The molecule has 0 amide bonds. The highest BCUT2D eigenvalue weighted by atomic mass is 16.3. The van der Waals surface area contributed by atoms with Crippen LogP contribution in [0.3, 0.4) is 0 Å². The average Bonchev–Trinajstić information content (AvgIpc) is 2.02. The Kier molecular flexibility index (Phi) is 8.46. The molecule has 0 bridgehead atoms. The summed E-state index contributed by atoms with van der Waals surface area (Å²) in [5.41, 5.74) is -0.367. The summed E-state index contributed by atoms with van der Waals surface area (Å²) < 4.78 is 0. The van der Waals surface area contributed by atoms with E-state index in [2.05, 4.69) is 20.8 Å². The molecule has 0 aromatic rings. The van der Waals surface area contributed by atoms with E-state index in [1.807, 2.05) is 27.7 Å². The van der Waals surface area contributed by atoms with E-state index in [0.29, 0.717) is 0 Å². The maximum atomic E-state index is 9.49. The minimum Gasteiger partial charge on any atom is -0.396 e. The van der Waals surface area contributed by atoms with Gasteiger partial charge in [0.1, 0.15) is 0 Å². The first kappa shape index (κ1) is 16.4. The summed E-state index contributed by atoms with van der Waals surface area (Å²) in [4.78, 5) is 0. The molecule has 0 aromatic heterocycles. The quantitative estimate of drug-likeness (QED) is 0.742. The summed E-state index contributed by atoms with van der Waals surface area (Å²) in [6, 6.07) is 0. The van der Waals surface area contributed by atoms with E-state index in [1.54, 1.807) is 0 Å². The van der Waals surface area contributed by atoms with Crippen LogP contribution in [-0.4, -0.2) is 22.9 Å². The molecule has 1 unspecified atom stereocenters. The molecular weight excluding hydrogens is 176 g/mol. The Balaban J connectivity index is 0. The molecule has 1 atom stereocenters. The van der Waals surface area contributed by atoms with Gasteiger partial charge in [-0.3, -0.25) is 0 Å². The van der Waals surface area contributed by atoms with Crippen molar-refractivity contribution in [2.75, 3.05) is 6.61 Å². The van der Waals surface area contributed by atoms with E-state index < -0.39 is 6.10 Å². The second-order valence-electron chi connectivity index (χ2n) is 5.57. The van der Waals surface area contributed by atoms with Crippen molar-refractivity contribution >= 4 is 0 Å². The van der Waals surface area contributed by atoms with Crippen molar-refractivity contribution < 1.29 is 10.2 Å². The fourth-order valence-corrected chi connectivity index (χ4v) is 0.996. The van der Waals surface area contributed by atoms with E-state index in [-0.39, 0.29) is 17.9 Å². The summed E-state index contributed by atoms with van der Waals surface area (Å²) in [5.74, 6) is 1.04. The molecule has 0 fully saturated rings. The maximum absolute atomic E-state index is 9.49. The Morgan fingerprint density at radius 3 is 1.36 bits per heavy atom. The fourth-order valence-electron chi connectivity index (χ4n) is 0.996. The Morgan fingerprint density at radius 1 is 1.00 bits per heavy atom. The Hall–Kier alpha value is -0.0800. The van der Waals surface area contributed by atoms with Crippen molar-refractivity contribution in [1.29, 1.82) is 0 Å². The summed E-state index contributed by atoms with van der Waals surface area (Å²) >= 11 is 0. The normalized spacial score (nSPS) is 13.9. The molecule has 0 saturated carbocycles. The Bertz CT molecular complexity index is 126. The molecule has 2 nitrogen and oxygen atoms in total. The van der Waals surface area contributed by atoms with E-state index in [4.69, 9.17) is 5.11 Å². The lowest BCUT2D eigenvalue weighted by atomic mass is 9.82. The third kappa shape index (κ3) is 8.52. The van der Waals surface area contributed by atoms with Gasteiger partial charge in [-0.2, -0.15) is 0 Å². The first-order chi connectivity index (χ1) is 6.15. The predicted octanol–water partition coefficient (Wildman–Crippen LogP) is 2.68. The molecule has 0 aromatic carbocycles. The van der Waals surface area contributed by atoms with E-state index >= 15 is 0 Å². The van der Waals surface area contributed by atoms with Crippen molar-refractivity contribution in [2.45, 2.75) is 54.6 Å². The van der Waals surface area contributed by atoms with Crippen LogP contribution in [0.15, 0.2) is 0 Å². The minimum absolute atomic E-state index is 0.0341. The van der Waals surface area contributed by atoms with Gasteiger partial charge < -0.3 is 10.2 Å². The number of hydrogen-bond donors (Lipinski definition) is 2. The standard InChI is InChI=1S/C8H18O2.C4H10/c1-6(2)7(10)8(3,4)5-9;1-4(2)3/h6-7,9-10H,5H2,1-4H3;4H,1-3H3. The molecule has 0 spiro atoms. The van der Waals surface area contributed by atoms with Gasteiger partial charge in [0.2, 0.25) is 0 Å². The first-order valence-corrected chi connectivity index (χ1v) is 5.44. The van der Waals surface area contributed by atoms with Gasteiger partial charge in [0, 0.05) is 5.41 Å². The molecule has 2 heteroatoms. The minimum atomic E-state index is -0.419. The van der Waals surface area contributed by atoms with Gasteiger partial charge in [-0.1, -0.05) is 48.5 Å². The zero-order valence-corrected chi connectivity index (χ0v) is 10.8. The van der Waals surface area contributed by atoms with Crippen molar-refractivity contribution in [3.63, 3.8) is 0 Å². The van der Waals surface area contributed by atoms with Crippen LogP contribution in [0.4, 0.5) is 0 Å². The average molecular weight is 204 g/mol. The summed E-state index contributed by atoms with van der Waals surface area (Å²) in [6.45, 7) is 14.1. The van der Waals surface area contributed by atoms with Gasteiger partial charge >= 0.3 is 0 Å². The van der Waals surface area contributed by atoms with Gasteiger partial charge in [0.25, 0.3) is 0 Å².